The van der Waals surface area contributed by atoms with Gasteiger partial charge >= 0.3 is 0 Å². The fraction of sp³-hybridized carbons (Fsp3) is 0.591. The molecule has 0 radical (unpaired) electrons. The predicted molar refractivity (Wildman–Crippen MR) is 100.0 cm³/mol. The van der Waals surface area contributed by atoms with E-state index in [0.29, 0.717) is 0 Å². The van der Waals surface area contributed by atoms with Crippen molar-refractivity contribution in [2.45, 2.75) is 73.1 Å². The Hall–Kier alpha value is -1.57. The van der Waals surface area contributed by atoms with Gasteiger partial charge in [0.25, 0.3) is 0 Å². The second-order valence-corrected chi connectivity index (χ2v) is 9.07. The number of ketones is 1. The third-order valence-electron chi connectivity index (χ3n) is 4.83. The Morgan fingerprint density at radius 1 is 1.00 bits per heavy atom. The van der Waals surface area contributed by atoms with Crippen molar-refractivity contribution >= 4 is 5.78 Å². The molecule has 0 aliphatic heterocycles. The Bertz CT molecular complexity index is 609. The summed E-state index contributed by atoms with van der Waals surface area (Å²) in [7, 11) is 0. The number of Topliss-reactive ketones (excluding diaryl/α,β-unsaturated/α-hetero) is 1. The Balaban J connectivity index is 2.71. The van der Waals surface area contributed by atoms with Gasteiger partial charge in [-0.2, -0.15) is 0 Å². The number of carbonyl (C=O) groups is 1. The largest absolute Gasteiger partial charge is 0.468 e. The van der Waals surface area contributed by atoms with E-state index < -0.39 is 0 Å². The second-order valence-electron chi connectivity index (χ2n) is 9.07. The van der Waals surface area contributed by atoms with E-state index in [0.717, 1.165) is 36.2 Å². The van der Waals surface area contributed by atoms with Crippen molar-refractivity contribution in [1.29, 1.82) is 0 Å². The van der Waals surface area contributed by atoms with Gasteiger partial charge < -0.3 is 4.42 Å². The molecule has 0 saturated carbocycles. The van der Waals surface area contributed by atoms with Crippen LogP contribution in [0.1, 0.15) is 73.5 Å². The number of carbonyl (C=O) groups excluding carboxylic acids is 1. The predicted octanol–water partition coefficient (Wildman–Crippen LogP) is 6.24. The van der Waals surface area contributed by atoms with Crippen LogP contribution in [-0.2, 0) is 10.2 Å². The average molecular weight is 328 g/mol. The molecule has 1 aromatic heterocycles. The number of hydrogen-bond acceptors (Lipinski definition) is 2. The number of allylic oxidation sites excluding steroid dienone is 4. The van der Waals surface area contributed by atoms with Gasteiger partial charge in [0.1, 0.15) is 5.76 Å². The van der Waals surface area contributed by atoms with E-state index in [-0.39, 0.29) is 22.0 Å². The van der Waals surface area contributed by atoms with Crippen molar-refractivity contribution in [3.05, 3.63) is 47.5 Å². The molecule has 0 bridgehead atoms. The minimum atomic E-state index is -0.321. The van der Waals surface area contributed by atoms with Gasteiger partial charge in [-0.25, -0.2) is 0 Å². The molecular formula is C22H32O2. The standard InChI is InChI=1S/C22H32O2/c1-8-9-12-22(18-11-10-13-24-18)14-16(20(2,3)4)19(23)17(15-22)21(5,6)7/h10-11,13-15H,8-9,12H2,1-7H3. The molecule has 2 nitrogen and oxygen atoms in total. The van der Waals surface area contributed by atoms with E-state index in [1.165, 1.54) is 0 Å². The normalized spacial score (nSPS) is 18.4. The third-order valence-corrected chi connectivity index (χ3v) is 4.83. The van der Waals surface area contributed by atoms with Crippen LogP contribution in [0.15, 0.2) is 46.1 Å². The van der Waals surface area contributed by atoms with Crippen molar-refractivity contribution in [3.63, 3.8) is 0 Å². The fourth-order valence-electron chi connectivity index (χ4n) is 3.37. The summed E-state index contributed by atoms with van der Waals surface area (Å²) in [6.07, 6.45) is 9.26. The van der Waals surface area contributed by atoms with Crippen molar-refractivity contribution in [3.8, 4) is 0 Å². The van der Waals surface area contributed by atoms with E-state index >= 15 is 0 Å². The van der Waals surface area contributed by atoms with Crippen molar-refractivity contribution < 1.29 is 9.21 Å². The summed E-state index contributed by atoms with van der Waals surface area (Å²) >= 11 is 0. The van der Waals surface area contributed by atoms with E-state index in [4.69, 9.17) is 4.42 Å². The van der Waals surface area contributed by atoms with Gasteiger partial charge in [-0.15, -0.1) is 0 Å². The summed E-state index contributed by atoms with van der Waals surface area (Å²) in [5.74, 6) is 1.13. The van der Waals surface area contributed by atoms with Gasteiger partial charge in [-0.1, -0.05) is 73.5 Å². The smallest absolute Gasteiger partial charge is 0.185 e. The first-order valence-corrected chi connectivity index (χ1v) is 9.06. The number of hydrogen-bond donors (Lipinski definition) is 0. The van der Waals surface area contributed by atoms with Crippen LogP contribution in [0.4, 0.5) is 0 Å². The minimum Gasteiger partial charge on any atom is -0.468 e. The van der Waals surface area contributed by atoms with Crippen LogP contribution in [0.5, 0.6) is 0 Å². The molecule has 1 aliphatic rings. The van der Waals surface area contributed by atoms with Gasteiger partial charge in [-0.3, -0.25) is 4.79 Å². The maximum Gasteiger partial charge on any atom is 0.185 e. The molecule has 2 heteroatoms. The molecule has 1 aromatic rings. The summed E-state index contributed by atoms with van der Waals surface area (Å²) in [5.41, 5.74) is 1.11. The lowest BCUT2D eigenvalue weighted by Crippen LogP contribution is -2.35. The quantitative estimate of drug-likeness (QED) is 0.655. The lowest BCUT2D eigenvalue weighted by Gasteiger charge is -2.38. The van der Waals surface area contributed by atoms with Gasteiger partial charge in [-0.05, 0) is 29.4 Å². The van der Waals surface area contributed by atoms with Crippen molar-refractivity contribution in [1.82, 2.24) is 0 Å². The highest BCUT2D eigenvalue weighted by atomic mass is 16.3. The molecule has 0 N–H and O–H groups in total. The molecule has 0 amide bonds. The zero-order valence-corrected chi connectivity index (χ0v) is 16.3. The van der Waals surface area contributed by atoms with E-state index in [1.807, 2.05) is 12.1 Å². The maximum absolute atomic E-state index is 13.2. The van der Waals surface area contributed by atoms with Crippen LogP contribution in [0, 0.1) is 10.8 Å². The topological polar surface area (TPSA) is 30.2 Å². The summed E-state index contributed by atoms with van der Waals surface area (Å²) in [4.78, 5) is 13.2. The molecule has 0 unspecified atom stereocenters. The molecule has 0 aromatic carbocycles. The molecule has 0 atom stereocenters. The number of rotatable bonds is 4. The molecule has 1 aliphatic carbocycles. The van der Waals surface area contributed by atoms with Crippen LogP contribution in [-0.4, -0.2) is 5.78 Å². The molecule has 1 heterocycles. The van der Waals surface area contributed by atoms with Crippen LogP contribution >= 0.6 is 0 Å². The SMILES string of the molecule is CCCCC1(c2ccco2)C=C(C(C)(C)C)C(=O)C(C(C)(C)C)=C1. The van der Waals surface area contributed by atoms with E-state index in [2.05, 4.69) is 60.6 Å². The second kappa shape index (κ2) is 6.38. The lowest BCUT2D eigenvalue weighted by molar-refractivity contribution is -0.114. The monoisotopic (exact) mass is 328 g/mol. The number of furan rings is 1. The summed E-state index contributed by atoms with van der Waals surface area (Å²) in [6, 6.07) is 3.98. The lowest BCUT2D eigenvalue weighted by atomic mass is 9.64. The van der Waals surface area contributed by atoms with Gasteiger partial charge in [0.15, 0.2) is 5.78 Å². The minimum absolute atomic E-state index is 0.189. The van der Waals surface area contributed by atoms with Crippen LogP contribution < -0.4 is 0 Å². The van der Waals surface area contributed by atoms with Crippen LogP contribution in [0.25, 0.3) is 0 Å². The highest BCUT2D eigenvalue weighted by molar-refractivity contribution is 6.11. The Labute approximate surface area is 147 Å². The fourth-order valence-corrected chi connectivity index (χ4v) is 3.37. The third kappa shape index (κ3) is 3.58. The van der Waals surface area contributed by atoms with E-state index in [1.54, 1.807) is 6.26 Å². The Morgan fingerprint density at radius 2 is 1.54 bits per heavy atom. The van der Waals surface area contributed by atoms with Crippen molar-refractivity contribution in [2.24, 2.45) is 10.8 Å². The summed E-state index contributed by atoms with van der Waals surface area (Å²) in [5, 5.41) is 0. The Kier molecular flexibility index (Phi) is 4.99. The zero-order valence-electron chi connectivity index (χ0n) is 16.3. The van der Waals surface area contributed by atoms with Gasteiger partial charge in [0, 0.05) is 11.1 Å². The molecule has 24 heavy (non-hydrogen) atoms. The maximum atomic E-state index is 13.2. The van der Waals surface area contributed by atoms with Crippen LogP contribution in [0.2, 0.25) is 0 Å². The average Bonchev–Trinajstić information content (AvgIpc) is 2.99. The first-order valence-electron chi connectivity index (χ1n) is 9.06. The number of unbranched alkanes of at least 4 members (excludes halogenated alkanes) is 1. The highest BCUT2D eigenvalue weighted by Crippen LogP contribution is 2.46. The first-order chi connectivity index (χ1) is 11.0. The molecular weight excluding hydrogens is 296 g/mol. The molecule has 132 valence electrons. The van der Waals surface area contributed by atoms with Gasteiger partial charge in [0.05, 0.1) is 11.7 Å². The molecule has 0 spiro atoms. The Morgan fingerprint density at radius 3 is 1.92 bits per heavy atom. The highest BCUT2D eigenvalue weighted by Gasteiger charge is 2.42. The molecule has 2 rings (SSSR count). The molecule has 0 saturated heterocycles. The summed E-state index contributed by atoms with van der Waals surface area (Å²) < 4.78 is 5.83. The first kappa shape index (κ1) is 18.8. The van der Waals surface area contributed by atoms with E-state index in [9.17, 15) is 4.79 Å². The molecule has 0 fully saturated rings. The van der Waals surface area contributed by atoms with Crippen molar-refractivity contribution in [2.75, 3.05) is 0 Å². The zero-order chi connectivity index (χ0) is 18.2. The van der Waals surface area contributed by atoms with Crippen LogP contribution in [0.3, 0.4) is 0 Å². The summed E-state index contributed by atoms with van der Waals surface area (Å²) in [6.45, 7) is 14.9. The van der Waals surface area contributed by atoms with Gasteiger partial charge in [0.2, 0.25) is 0 Å².